The second-order valence-corrected chi connectivity index (χ2v) is 12.6. The number of likely N-dealkylation sites (tertiary alicyclic amines) is 1. The Kier molecular flexibility index (Phi) is 5.20. The van der Waals surface area contributed by atoms with Crippen LogP contribution in [-0.2, 0) is 14.4 Å². The first kappa shape index (κ1) is 22.9. The first-order chi connectivity index (χ1) is 17.9. The third-order valence-electron chi connectivity index (χ3n) is 8.50. The Morgan fingerprint density at radius 3 is 2.59 bits per heavy atom. The summed E-state index contributed by atoms with van der Waals surface area (Å²) in [4.78, 5) is 61.7. The summed E-state index contributed by atoms with van der Waals surface area (Å²) in [6, 6.07) is 11.3. The molecule has 4 heterocycles. The molecule has 2 N–H and O–H groups in total. The molecule has 7 rings (SSSR count). The number of hydrogen-bond donors (Lipinski definition) is 2. The highest BCUT2D eigenvalue weighted by molar-refractivity contribution is 8.00. The lowest BCUT2D eigenvalue weighted by molar-refractivity contribution is -0.143. The van der Waals surface area contributed by atoms with Gasteiger partial charge in [0.25, 0.3) is 0 Å². The average molecular weight is 533 g/mol. The minimum Gasteiger partial charge on any atom is -0.325 e. The van der Waals surface area contributed by atoms with Gasteiger partial charge in [0.2, 0.25) is 17.7 Å². The third kappa shape index (κ3) is 3.45. The van der Waals surface area contributed by atoms with Gasteiger partial charge in [0.1, 0.15) is 6.54 Å². The first-order valence-electron chi connectivity index (χ1n) is 12.4. The monoisotopic (exact) mass is 532 g/mol. The zero-order valence-electron chi connectivity index (χ0n) is 19.9. The molecule has 7 atom stereocenters. The molecule has 2 saturated carbocycles. The van der Waals surface area contributed by atoms with E-state index in [4.69, 9.17) is 0 Å². The van der Waals surface area contributed by atoms with E-state index in [-0.39, 0.29) is 58.1 Å². The maximum atomic E-state index is 13.6. The molecule has 1 aromatic carbocycles. The molecular formula is C27H24N4O4S2. The Labute approximate surface area is 220 Å². The Bertz CT molecular complexity index is 1480. The van der Waals surface area contributed by atoms with Crippen molar-refractivity contribution in [3.05, 3.63) is 74.5 Å². The van der Waals surface area contributed by atoms with E-state index in [0.29, 0.717) is 5.69 Å². The van der Waals surface area contributed by atoms with Crippen LogP contribution in [0, 0.1) is 36.5 Å². The Morgan fingerprint density at radius 2 is 1.86 bits per heavy atom. The van der Waals surface area contributed by atoms with Crippen LogP contribution in [-0.4, -0.2) is 44.4 Å². The van der Waals surface area contributed by atoms with Crippen LogP contribution in [0.4, 0.5) is 5.69 Å². The summed E-state index contributed by atoms with van der Waals surface area (Å²) in [6.45, 7) is 1.69. The topological polar surface area (TPSA) is 112 Å². The summed E-state index contributed by atoms with van der Waals surface area (Å²) in [5, 5.41) is 3.80. The van der Waals surface area contributed by atoms with Gasteiger partial charge in [-0.3, -0.25) is 29.1 Å². The van der Waals surface area contributed by atoms with E-state index in [1.54, 1.807) is 30.1 Å². The molecule has 2 aromatic heterocycles. The van der Waals surface area contributed by atoms with Crippen LogP contribution in [0.25, 0.3) is 0 Å². The molecule has 1 saturated heterocycles. The van der Waals surface area contributed by atoms with Crippen LogP contribution in [0.5, 0.6) is 0 Å². The van der Waals surface area contributed by atoms with Crippen molar-refractivity contribution < 1.29 is 14.4 Å². The van der Waals surface area contributed by atoms with Gasteiger partial charge >= 0.3 is 4.87 Å². The fourth-order valence-electron chi connectivity index (χ4n) is 7.15. The van der Waals surface area contributed by atoms with Gasteiger partial charge < -0.3 is 10.3 Å². The zero-order valence-corrected chi connectivity index (χ0v) is 21.6. The van der Waals surface area contributed by atoms with Crippen molar-refractivity contribution in [1.29, 1.82) is 0 Å². The minimum absolute atomic E-state index is 0.0182. The van der Waals surface area contributed by atoms with E-state index in [1.807, 2.05) is 37.4 Å². The van der Waals surface area contributed by atoms with E-state index in [2.05, 4.69) is 15.3 Å². The molecule has 3 fully saturated rings. The van der Waals surface area contributed by atoms with Crippen molar-refractivity contribution in [2.45, 2.75) is 29.5 Å². The summed E-state index contributed by atoms with van der Waals surface area (Å²) >= 11 is 2.89. The number of imide groups is 1. The standard InChI is InChI=1S/C27H24N4O4S2/c1-12-4-6-14(7-5-12)29-17(32)11-31-25(33)20-15-9-16(21(20)26(31)34)22-19(15)18(13-3-2-8-28-10-13)23-24(36-22)30-27(35)37-23/h2-8,10,15-16,18-22H,9,11H2,1H3,(H,29,32)(H,30,35). The number of pyridine rings is 1. The van der Waals surface area contributed by atoms with Crippen molar-refractivity contribution >= 4 is 46.5 Å². The summed E-state index contributed by atoms with van der Waals surface area (Å²) in [5.41, 5.74) is 2.75. The number of nitrogens with zero attached hydrogens (tertiary/aromatic N) is 2. The van der Waals surface area contributed by atoms with Crippen molar-refractivity contribution in [2.75, 3.05) is 11.9 Å². The van der Waals surface area contributed by atoms with Gasteiger partial charge in [0.15, 0.2) is 0 Å². The fraction of sp³-hybridized carbons (Fsp3) is 0.370. The average Bonchev–Trinajstić information content (AvgIpc) is 3.62. The lowest BCUT2D eigenvalue weighted by Crippen LogP contribution is -2.42. The number of thiazole rings is 1. The number of H-pyrrole nitrogens is 1. The smallest absolute Gasteiger partial charge is 0.305 e. The Morgan fingerprint density at radius 1 is 1.11 bits per heavy atom. The molecule has 2 aliphatic heterocycles. The summed E-state index contributed by atoms with van der Waals surface area (Å²) < 4.78 is 0. The summed E-state index contributed by atoms with van der Waals surface area (Å²) in [6.07, 6.45) is 4.39. The molecule has 2 bridgehead atoms. The number of fused-ring (bicyclic) bond motifs is 9. The molecule has 8 nitrogen and oxygen atoms in total. The quantitative estimate of drug-likeness (QED) is 0.499. The van der Waals surface area contributed by atoms with Crippen molar-refractivity contribution in [3.63, 3.8) is 0 Å². The van der Waals surface area contributed by atoms with E-state index < -0.39 is 11.8 Å². The number of carbonyl (C=O) groups excluding carboxylic acids is 3. The van der Waals surface area contributed by atoms with Gasteiger partial charge in [0, 0.05) is 34.1 Å². The predicted octanol–water partition coefficient (Wildman–Crippen LogP) is 3.25. The van der Waals surface area contributed by atoms with Crippen molar-refractivity contribution in [3.8, 4) is 0 Å². The van der Waals surface area contributed by atoms with Gasteiger partial charge in [0.05, 0.1) is 16.9 Å². The second kappa shape index (κ2) is 8.39. The molecular weight excluding hydrogens is 508 g/mol. The van der Waals surface area contributed by atoms with E-state index in [1.165, 1.54) is 16.2 Å². The van der Waals surface area contributed by atoms with E-state index in [0.717, 1.165) is 27.5 Å². The number of aromatic nitrogens is 2. The predicted molar refractivity (Wildman–Crippen MR) is 139 cm³/mol. The van der Waals surface area contributed by atoms with Gasteiger partial charge in [-0.15, -0.1) is 11.8 Å². The second-order valence-electron chi connectivity index (χ2n) is 10.4. The molecule has 0 radical (unpaired) electrons. The number of carbonyl (C=O) groups is 3. The highest BCUT2D eigenvalue weighted by Crippen LogP contribution is 2.68. The van der Waals surface area contributed by atoms with Crippen LogP contribution in [0.2, 0.25) is 0 Å². The van der Waals surface area contributed by atoms with Crippen LogP contribution >= 0.6 is 23.1 Å². The molecule has 4 aliphatic rings. The number of aromatic amines is 1. The lowest BCUT2D eigenvalue weighted by Gasteiger charge is -2.42. The van der Waals surface area contributed by atoms with Gasteiger partial charge in [-0.25, -0.2) is 0 Å². The number of rotatable bonds is 4. The molecule has 0 spiro atoms. The summed E-state index contributed by atoms with van der Waals surface area (Å²) in [7, 11) is 0. The SMILES string of the molecule is Cc1ccc(NC(=O)CN2C(=O)C3C4CC(C3C2=O)C2C(c3cccnc3)c3sc(=O)[nH]c3SC42)cc1. The van der Waals surface area contributed by atoms with Crippen molar-refractivity contribution in [1.82, 2.24) is 14.9 Å². The number of nitrogens with one attached hydrogen (secondary N) is 2. The number of aryl methyl sites for hydroxylation is 1. The fourth-order valence-corrected chi connectivity index (χ4v) is 10.0. The van der Waals surface area contributed by atoms with Crippen LogP contribution in [0.1, 0.15) is 28.3 Å². The normalized spacial score (nSPS) is 31.3. The van der Waals surface area contributed by atoms with Crippen LogP contribution < -0.4 is 10.2 Å². The zero-order chi connectivity index (χ0) is 25.4. The maximum absolute atomic E-state index is 13.6. The van der Waals surface area contributed by atoms with Crippen LogP contribution in [0.15, 0.2) is 58.6 Å². The maximum Gasteiger partial charge on any atom is 0.305 e. The van der Waals surface area contributed by atoms with Gasteiger partial charge in [-0.2, -0.15) is 0 Å². The van der Waals surface area contributed by atoms with Crippen molar-refractivity contribution in [2.24, 2.45) is 29.6 Å². The van der Waals surface area contributed by atoms with E-state index in [9.17, 15) is 19.2 Å². The number of hydrogen-bond acceptors (Lipinski definition) is 7. The van der Waals surface area contributed by atoms with Gasteiger partial charge in [-0.1, -0.05) is 35.1 Å². The number of amides is 3. The number of benzene rings is 1. The minimum atomic E-state index is -0.414. The molecule has 7 unspecified atom stereocenters. The largest absolute Gasteiger partial charge is 0.325 e. The molecule has 37 heavy (non-hydrogen) atoms. The number of thioether (sulfide) groups is 1. The third-order valence-corrected chi connectivity index (χ3v) is 11.1. The van der Waals surface area contributed by atoms with Gasteiger partial charge in [-0.05, 0) is 54.9 Å². The molecule has 3 aromatic rings. The Hall–Kier alpha value is -3.24. The molecule has 2 aliphatic carbocycles. The summed E-state index contributed by atoms with van der Waals surface area (Å²) in [5.74, 6) is -1.53. The number of anilines is 1. The van der Waals surface area contributed by atoms with Crippen LogP contribution in [0.3, 0.4) is 0 Å². The molecule has 3 amide bonds. The Balaban J connectivity index is 1.18. The highest BCUT2D eigenvalue weighted by Gasteiger charge is 2.69. The molecule has 188 valence electrons. The highest BCUT2D eigenvalue weighted by atomic mass is 32.2. The molecule has 10 heteroatoms. The van der Waals surface area contributed by atoms with E-state index >= 15 is 0 Å². The lowest BCUT2D eigenvalue weighted by atomic mass is 9.68. The first-order valence-corrected chi connectivity index (χ1v) is 14.1.